The summed E-state index contributed by atoms with van der Waals surface area (Å²) in [5.74, 6) is -2.62. The molecule has 1 aromatic heterocycles. The van der Waals surface area contributed by atoms with Crippen LogP contribution < -0.4 is 10.1 Å². The van der Waals surface area contributed by atoms with Crippen LogP contribution in [-0.2, 0) is 9.59 Å². The Bertz CT molecular complexity index is 1130. The summed E-state index contributed by atoms with van der Waals surface area (Å²) in [6.45, 7) is 7.95. The fourth-order valence-electron chi connectivity index (χ4n) is 3.04. The molecule has 0 bridgehead atoms. The molecule has 0 fully saturated rings. The number of aliphatic hydroxyl groups excluding tert-OH is 2. The number of rotatable bonds is 9. The van der Waals surface area contributed by atoms with Crippen LogP contribution in [0.4, 0.5) is 0 Å². The van der Waals surface area contributed by atoms with Crippen molar-refractivity contribution in [1.29, 1.82) is 0 Å². The Morgan fingerprint density at radius 2 is 1.54 bits per heavy atom. The van der Waals surface area contributed by atoms with Gasteiger partial charge in [-0.25, -0.2) is 9.59 Å². The summed E-state index contributed by atoms with van der Waals surface area (Å²) >= 11 is 0. The molecule has 0 amide bonds. The summed E-state index contributed by atoms with van der Waals surface area (Å²) in [6, 6.07) is 16.5. The number of H-pyrrole nitrogens is 1. The van der Waals surface area contributed by atoms with Gasteiger partial charge in [-0.3, -0.25) is 0 Å². The Hall–Kier alpha value is -3.66. The number of hydrogen-bond donors (Lipinski definition) is 6. The van der Waals surface area contributed by atoms with Crippen molar-refractivity contribution in [2.45, 2.75) is 38.5 Å². The van der Waals surface area contributed by atoms with Crippen LogP contribution in [0.5, 0.6) is 5.75 Å². The summed E-state index contributed by atoms with van der Waals surface area (Å²) in [4.78, 5) is 22.8. The number of nitrogens with one attached hydrogen (secondary N) is 2. The van der Waals surface area contributed by atoms with Crippen LogP contribution in [0.1, 0.15) is 31.9 Å². The van der Waals surface area contributed by atoms with Gasteiger partial charge in [0.15, 0.2) is 12.2 Å². The van der Waals surface area contributed by atoms with E-state index in [1.54, 1.807) is 0 Å². The second-order valence-corrected chi connectivity index (χ2v) is 8.75. The van der Waals surface area contributed by atoms with E-state index in [0.29, 0.717) is 6.61 Å². The first-order chi connectivity index (χ1) is 16.5. The lowest BCUT2D eigenvalue weighted by molar-refractivity contribution is -0.165. The first-order valence-electron chi connectivity index (χ1n) is 11.0. The van der Waals surface area contributed by atoms with E-state index in [2.05, 4.69) is 73.6 Å². The lowest BCUT2D eigenvalue weighted by atomic mass is 10.1. The zero-order chi connectivity index (χ0) is 26.0. The van der Waals surface area contributed by atoms with Gasteiger partial charge in [-0.05, 0) is 44.5 Å². The van der Waals surface area contributed by atoms with Crippen molar-refractivity contribution in [3.63, 3.8) is 0 Å². The number of aliphatic hydroxyl groups is 2. The maximum Gasteiger partial charge on any atom is 0.335 e. The Balaban J connectivity index is 0.000000367. The molecule has 35 heavy (non-hydrogen) atoms. The molecule has 3 rings (SSSR count). The van der Waals surface area contributed by atoms with Gasteiger partial charge in [0.2, 0.25) is 0 Å². The molecular weight excluding hydrogens is 452 g/mol. The van der Waals surface area contributed by atoms with Gasteiger partial charge in [-0.15, -0.1) is 0 Å². The van der Waals surface area contributed by atoms with Crippen molar-refractivity contribution in [2.24, 2.45) is 0 Å². The number of ether oxygens (including phenoxy) is 1. The molecule has 0 spiro atoms. The number of carboxylic acid groups (broad SMARTS) is 2. The Morgan fingerprint density at radius 1 is 0.943 bits per heavy atom. The molecule has 1 heterocycles. The summed E-state index contributed by atoms with van der Waals surface area (Å²) in [6.07, 6.45) is 1.71. The number of fused-ring (bicyclic) bond motifs is 1. The molecule has 0 aliphatic rings. The Kier molecular flexibility index (Phi) is 10.0. The zero-order valence-electron chi connectivity index (χ0n) is 19.9. The number of carbonyl (C=O) groups is 2. The van der Waals surface area contributed by atoms with E-state index in [1.807, 2.05) is 24.4 Å². The molecule has 9 nitrogen and oxygen atoms in total. The molecule has 6 N–H and O–H groups in total. The quantitative estimate of drug-likeness (QED) is 0.200. The fraction of sp³-hybridized carbons (Fsp3) is 0.308. The van der Waals surface area contributed by atoms with Crippen molar-refractivity contribution in [1.82, 2.24) is 10.3 Å². The molecule has 0 saturated heterocycles. The minimum atomic E-state index is -2.27. The van der Waals surface area contributed by atoms with Crippen molar-refractivity contribution in [2.75, 3.05) is 13.2 Å². The van der Waals surface area contributed by atoms with E-state index in [0.717, 1.165) is 23.4 Å². The van der Waals surface area contributed by atoms with E-state index in [-0.39, 0.29) is 5.54 Å². The highest BCUT2D eigenvalue weighted by Crippen LogP contribution is 2.23. The van der Waals surface area contributed by atoms with Gasteiger partial charge >= 0.3 is 11.9 Å². The molecule has 188 valence electrons. The number of carboxylic acids is 2. The van der Waals surface area contributed by atoms with E-state index in [9.17, 15) is 9.59 Å². The Morgan fingerprint density at radius 3 is 2.17 bits per heavy atom. The molecular formula is C26H32N2O7. The topological polar surface area (TPSA) is 152 Å². The van der Waals surface area contributed by atoms with Crippen LogP contribution in [-0.4, -0.2) is 68.2 Å². The molecule has 0 aliphatic heterocycles. The lowest BCUT2D eigenvalue weighted by Gasteiger charge is -2.20. The Labute approximate surface area is 203 Å². The smallest absolute Gasteiger partial charge is 0.335 e. The molecule has 3 aromatic rings. The van der Waals surface area contributed by atoms with E-state index < -0.39 is 24.1 Å². The second-order valence-electron chi connectivity index (χ2n) is 8.75. The molecule has 0 unspecified atom stereocenters. The maximum absolute atomic E-state index is 9.77. The highest BCUT2D eigenvalue weighted by Gasteiger charge is 2.29. The molecule has 0 saturated carbocycles. The molecule has 0 aliphatic carbocycles. The maximum atomic E-state index is 9.77. The molecule has 2 atom stereocenters. The van der Waals surface area contributed by atoms with Crippen LogP contribution in [0.15, 0.2) is 54.7 Å². The number of aliphatic carboxylic acids is 2. The van der Waals surface area contributed by atoms with Gasteiger partial charge in [-0.1, -0.05) is 42.5 Å². The fourth-order valence-corrected chi connectivity index (χ4v) is 3.04. The molecule has 9 heteroatoms. The predicted molar refractivity (Wildman–Crippen MR) is 134 cm³/mol. The van der Waals surface area contributed by atoms with E-state index in [4.69, 9.17) is 25.2 Å². The normalized spacial score (nSPS) is 13.2. The number of hydrogen-bond acceptors (Lipinski definition) is 6. The van der Waals surface area contributed by atoms with Gasteiger partial charge in [0.25, 0.3) is 0 Å². The minimum absolute atomic E-state index is 0.109. The van der Waals surface area contributed by atoms with Gasteiger partial charge < -0.3 is 35.5 Å². The standard InChI is InChI=1S/C22H26N2O.C4H6O6/c1-22(2,3)24-15-16-25-21-10-5-4-7-18(21)12-11-17-8-6-9-20-19(17)13-14-23-20;5-1(3(7)8)2(6)4(9)10/h4-14,23-24H,15-16H2,1-3H3;1-2,5-6H,(H,7,8)(H,9,10)/b12-11+;/t;1-,2-/m.1/s1. The minimum Gasteiger partial charge on any atom is -0.492 e. The van der Waals surface area contributed by atoms with Crippen LogP contribution >= 0.6 is 0 Å². The number of para-hydroxylation sites is 1. The SMILES string of the molecule is CC(C)(C)NCCOc1ccccc1/C=C/c1cccc2[nH]ccc12.O=C(O)[C@H](O)[C@@H](O)C(=O)O. The average molecular weight is 485 g/mol. The predicted octanol–water partition coefficient (Wildman–Crippen LogP) is 2.98. The van der Waals surface area contributed by atoms with Crippen LogP contribution in [0.25, 0.3) is 23.1 Å². The van der Waals surface area contributed by atoms with Crippen molar-refractivity contribution in [3.05, 3.63) is 65.9 Å². The van der Waals surface area contributed by atoms with E-state index >= 15 is 0 Å². The molecule has 2 aromatic carbocycles. The summed E-state index contributed by atoms with van der Waals surface area (Å²) in [7, 11) is 0. The third kappa shape index (κ3) is 8.90. The first kappa shape index (κ1) is 27.6. The average Bonchev–Trinajstić information content (AvgIpc) is 3.29. The largest absolute Gasteiger partial charge is 0.492 e. The van der Waals surface area contributed by atoms with Crippen LogP contribution in [0.3, 0.4) is 0 Å². The van der Waals surface area contributed by atoms with Gasteiger partial charge in [0, 0.05) is 34.7 Å². The van der Waals surface area contributed by atoms with Gasteiger partial charge in [0.05, 0.1) is 0 Å². The first-order valence-corrected chi connectivity index (χ1v) is 11.0. The second kappa shape index (κ2) is 12.7. The third-order valence-corrected chi connectivity index (χ3v) is 4.81. The van der Waals surface area contributed by atoms with Crippen LogP contribution in [0, 0.1) is 0 Å². The lowest BCUT2D eigenvalue weighted by Crippen LogP contribution is -2.39. The van der Waals surface area contributed by atoms with Crippen LogP contribution in [0.2, 0.25) is 0 Å². The van der Waals surface area contributed by atoms with Gasteiger partial charge in [0.1, 0.15) is 12.4 Å². The van der Waals surface area contributed by atoms with Crippen molar-refractivity contribution < 1.29 is 34.8 Å². The summed E-state index contributed by atoms with van der Waals surface area (Å²) in [5, 5.41) is 37.2. The highest BCUT2D eigenvalue weighted by atomic mass is 16.5. The highest BCUT2D eigenvalue weighted by molar-refractivity contribution is 5.91. The van der Waals surface area contributed by atoms with E-state index in [1.165, 1.54) is 10.9 Å². The monoisotopic (exact) mass is 484 g/mol. The zero-order valence-corrected chi connectivity index (χ0v) is 19.9. The summed E-state index contributed by atoms with van der Waals surface area (Å²) in [5.41, 5.74) is 3.55. The van der Waals surface area contributed by atoms with Crippen molar-refractivity contribution in [3.8, 4) is 5.75 Å². The van der Waals surface area contributed by atoms with Crippen molar-refractivity contribution >= 4 is 35.0 Å². The summed E-state index contributed by atoms with van der Waals surface area (Å²) < 4.78 is 5.97. The number of aromatic nitrogens is 1. The number of benzene rings is 2. The molecule has 0 radical (unpaired) electrons. The third-order valence-electron chi connectivity index (χ3n) is 4.81. The van der Waals surface area contributed by atoms with Gasteiger partial charge in [-0.2, -0.15) is 0 Å². The number of aromatic amines is 1.